The van der Waals surface area contributed by atoms with Gasteiger partial charge < -0.3 is 26.4 Å². The first-order valence-corrected chi connectivity index (χ1v) is 13.8. The fourth-order valence-corrected chi connectivity index (χ4v) is 5.63. The Morgan fingerprint density at radius 3 is 2.50 bits per heavy atom. The highest BCUT2D eigenvalue weighted by atomic mass is 16.4. The Labute approximate surface area is 243 Å². The van der Waals surface area contributed by atoms with Crippen LogP contribution >= 0.6 is 0 Å². The summed E-state index contributed by atoms with van der Waals surface area (Å²) in [5.41, 5.74) is 7.34. The van der Waals surface area contributed by atoms with E-state index in [1.807, 2.05) is 66.4 Å². The van der Waals surface area contributed by atoms with Crippen molar-refractivity contribution < 1.29 is 24.3 Å². The minimum Gasteiger partial charge on any atom is -0.481 e. The number of carbonyl (C=O) groups is 4. The monoisotopic (exact) mass is 576 g/mol. The van der Waals surface area contributed by atoms with Gasteiger partial charge in [0.25, 0.3) is 0 Å². The van der Waals surface area contributed by atoms with E-state index in [-0.39, 0.29) is 49.9 Å². The van der Waals surface area contributed by atoms with Gasteiger partial charge in [-0.25, -0.2) is 0 Å². The summed E-state index contributed by atoms with van der Waals surface area (Å²) in [7, 11) is 0. The van der Waals surface area contributed by atoms with Crippen molar-refractivity contribution in [3.05, 3.63) is 71.5 Å². The molecule has 4 atom stereocenters. The highest BCUT2D eigenvalue weighted by Crippen LogP contribution is 2.41. The molecule has 222 valence electrons. The number of nitrogens with zero attached hydrogens (tertiary/aromatic N) is 4. The van der Waals surface area contributed by atoms with E-state index in [9.17, 15) is 24.3 Å². The molecule has 0 saturated carbocycles. The third-order valence-electron chi connectivity index (χ3n) is 8.09. The molecule has 42 heavy (non-hydrogen) atoms. The standard InChI is InChI=1S/C29H36N8O5/c1-18(37-21-11-7-6-10-20(21)15-22(37)28(42)31-17-25-33-35-36-34-25)29(2,24(38)12-13-27(40)41)23(16-30)32-26(39)14-19-8-4-3-5-9-19/h3-11,18,22-23H,12-17,30H2,1-2H3,(H,31,42)(H,32,39)(H,40,41)(H,33,34,35,36)/t18?,22?,23-,29-/m1/s1. The van der Waals surface area contributed by atoms with E-state index in [1.165, 1.54) is 0 Å². The number of rotatable bonds is 14. The molecular weight excluding hydrogens is 540 g/mol. The van der Waals surface area contributed by atoms with Crippen molar-refractivity contribution in [2.45, 2.75) is 64.2 Å². The Morgan fingerprint density at radius 2 is 1.83 bits per heavy atom. The van der Waals surface area contributed by atoms with Crippen molar-refractivity contribution >= 4 is 29.3 Å². The second kappa shape index (κ2) is 13.3. The smallest absolute Gasteiger partial charge is 0.303 e. The van der Waals surface area contributed by atoms with Crippen molar-refractivity contribution in [2.24, 2.45) is 11.1 Å². The molecule has 0 aliphatic carbocycles. The van der Waals surface area contributed by atoms with Gasteiger partial charge in [0.1, 0.15) is 11.8 Å². The Balaban J connectivity index is 1.67. The second-order valence-electron chi connectivity index (χ2n) is 10.6. The van der Waals surface area contributed by atoms with Crippen molar-refractivity contribution in [3.63, 3.8) is 0 Å². The number of ketones is 1. The van der Waals surface area contributed by atoms with Gasteiger partial charge in [-0.3, -0.25) is 19.2 Å². The highest BCUT2D eigenvalue weighted by molar-refractivity contribution is 5.92. The normalized spacial score (nSPS) is 17.0. The lowest BCUT2D eigenvalue weighted by Crippen LogP contribution is -2.64. The molecule has 2 unspecified atom stereocenters. The molecule has 0 fully saturated rings. The number of benzene rings is 2. The first-order valence-electron chi connectivity index (χ1n) is 13.8. The number of nitrogens with two attached hydrogens (primary N) is 1. The number of aromatic amines is 1. The average molecular weight is 577 g/mol. The van der Waals surface area contributed by atoms with Gasteiger partial charge in [0, 0.05) is 31.1 Å². The maximum Gasteiger partial charge on any atom is 0.303 e. The number of para-hydroxylation sites is 1. The Morgan fingerprint density at radius 1 is 1.12 bits per heavy atom. The summed E-state index contributed by atoms with van der Waals surface area (Å²) in [5, 5.41) is 28.7. The molecule has 4 rings (SSSR count). The summed E-state index contributed by atoms with van der Waals surface area (Å²) in [6.07, 6.45) is -0.169. The number of hydrogen-bond acceptors (Lipinski definition) is 9. The van der Waals surface area contributed by atoms with Gasteiger partial charge in [-0.2, -0.15) is 5.21 Å². The molecular formula is C29H36N8O5. The van der Waals surface area contributed by atoms with Crippen LogP contribution in [-0.2, 0) is 38.6 Å². The molecule has 1 aliphatic heterocycles. The predicted octanol–water partition coefficient (Wildman–Crippen LogP) is 0.762. The SMILES string of the molecule is CC(N1c2ccccc2CC1C(=O)NCc1nn[nH]n1)[C@@](C)(C(=O)CCC(=O)O)[C@@H](CN)NC(=O)Cc1ccccc1. The molecule has 2 aromatic carbocycles. The quantitative estimate of drug-likeness (QED) is 0.183. The number of tetrazole rings is 1. The number of aliphatic carboxylic acids is 1. The lowest BCUT2D eigenvalue weighted by Gasteiger charge is -2.47. The van der Waals surface area contributed by atoms with Crippen LogP contribution in [0.25, 0.3) is 0 Å². The summed E-state index contributed by atoms with van der Waals surface area (Å²) < 4.78 is 0. The number of aromatic nitrogens is 4. The molecule has 3 aromatic rings. The third kappa shape index (κ3) is 6.62. The van der Waals surface area contributed by atoms with Gasteiger partial charge in [-0.05, 0) is 31.0 Å². The molecule has 13 heteroatoms. The number of carbonyl (C=O) groups excluding carboxylic acids is 3. The Hall–Kier alpha value is -4.65. The van der Waals surface area contributed by atoms with Gasteiger partial charge in [0.05, 0.1) is 30.8 Å². The number of amides is 2. The van der Waals surface area contributed by atoms with Gasteiger partial charge in [-0.15, -0.1) is 10.2 Å². The van der Waals surface area contributed by atoms with Crippen LogP contribution in [0.15, 0.2) is 54.6 Å². The lowest BCUT2D eigenvalue weighted by molar-refractivity contribution is -0.141. The molecule has 13 nitrogen and oxygen atoms in total. The van der Waals surface area contributed by atoms with Crippen LogP contribution in [0.2, 0.25) is 0 Å². The summed E-state index contributed by atoms with van der Waals surface area (Å²) in [4.78, 5) is 54.0. The Bertz CT molecular complexity index is 1400. The molecule has 1 aromatic heterocycles. The molecule has 0 saturated heterocycles. The van der Waals surface area contributed by atoms with Gasteiger partial charge in [0.15, 0.2) is 5.82 Å². The number of carboxylic acids is 1. The van der Waals surface area contributed by atoms with E-state index in [1.54, 1.807) is 6.92 Å². The fourth-order valence-electron chi connectivity index (χ4n) is 5.63. The highest BCUT2D eigenvalue weighted by Gasteiger charge is 2.51. The molecule has 1 aliphatic rings. The topological polar surface area (TPSA) is 196 Å². The predicted molar refractivity (Wildman–Crippen MR) is 153 cm³/mol. The average Bonchev–Trinajstić information content (AvgIpc) is 3.65. The van der Waals surface area contributed by atoms with Crippen molar-refractivity contribution in [2.75, 3.05) is 11.4 Å². The third-order valence-corrected chi connectivity index (χ3v) is 8.09. The second-order valence-corrected chi connectivity index (χ2v) is 10.6. The maximum atomic E-state index is 14.0. The number of nitrogens with one attached hydrogen (secondary N) is 3. The van der Waals surface area contributed by atoms with Crippen LogP contribution in [0.4, 0.5) is 5.69 Å². The van der Waals surface area contributed by atoms with E-state index in [0.29, 0.717) is 12.2 Å². The van der Waals surface area contributed by atoms with Crippen LogP contribution in [0.3, 0.4) is 0 Å². The molecule has 0 radical (unpaired) electrons. The fraction of sp³-hybridized carbons (Fsp3) is 0.414. The van der Waals surface area contributed by atoms with Crippen LogP contribution in [0.1, 0.15) is 43.6 Å². The summed E-state index contributed by atoms with van der Waals surface area (Å²) in [5.74, 6) is -1.79. The van der Waals surface area contributed by atoms with E-state index in [0.717, 1.165) is 16.8 Å². The van der Waals surface area contributed by atoms with Gasteiger partial charge in [-0.1, -0.05) is 53.7 Å². The number of carboxylic acid groups (broad SMARTS) is 1. The number of anilines is 1. The number of fused-ring (bicyclic) bond motifs is 1. The largest absolute Gasteiger partial charge is 0.481 e. The van der Waals surface area contributed by atoms with Crippen LogP contribution < -0.4 is 21.3 Å². The molecule has 6 N–H and O–H groups in total. The zero-order valence-corrected chi connectivity index (χ0v) is 23.6. The van der Waals surface area contributed by atoms with Gasteiger partial charge in [0.2, 0.25) is 11.8 Å². The molecule has 2 heterocycles. The maximum absolute atomic E-state index is 14.0. The first-order chi connectivity index (χ1) is 20.1. The number of H-pyrrole nitrogens is 1. The summed E-state index contributed by atoms with van der Waals surface area (Å²) >= 11 is 0. The van der Waals surface area contributed by atoms with E-state index >= 15 is 0 Å². The first kappa shape index (κ1) is 30.3. The van der Waals surface area contributed by atoms with Crippen LogP contribution in [0, 0.1) is 5.41 Å². The zero-order chi connectivity index (χ0) is 30.3. The van der Waals surface area contributed by atoms with Crippen LogP contribution in [0.5, 0.6) is 0 Å². The number of hydrogen-bond donors (Lipinski definition) is 5. The minimum absolute atomic E-state index is 0.0557. The van der Waals surface area contributed by atoms with E-state index in [2.05, 4.69) is 31.3 Å². The van der Waals surface area contributed by atoms with Gasteiger partial charge >= 0.3 is 5.97 Å². The van der Waals surface area contributed by atoms with Crippen molar-refractivity contribution in [1.82, 2.24) is 31.3 Å². The van der Waals surface area contributed by atoms with Crippen LogP contribution in [-0.4, -0.2) is 74.0 Å². The number of Topliss-reactive ketones (excluding diaryl/α,β-unsaturated/α-hetero) is 1. The zero-order valence-electron chi connectivity index (χ0n) is 23.6. The summed E-state index contributed by atoms with van der Waals surface area (Å²) in [6.45, 7) is 3.48. The van der Waals surface area contributed by atoms with Crippen molar-refractivity contribution in [1.29, 1.82) is 0 Å². The Kier molecular flexibility index (Phi) is 9.63. The van der Waals surface area contributed by atoms with E-state index < -0.39 is 29.5 Å². The molecule has 2 amide bonds. The van der Waals surface area contributed by atoms with E-state index in [4.69, 9.17) is 5.73 Å². The molecule has 0 spiro atoms. The lowest BCUT2D eigenvalue weighted by atomic mass is 9.70. The summed E-state index contributed by atoms with van der Waals surface area (Å²) in [6, 6.07) is 14.5. The molecule has 0 bridgehead atoms. The minimum atomic E-state index is -1.36. The van der Waals surface area contributed by atoms with Crippen molar-refractivity contribution in [3.8, 4) is 0 Å².